The van der Waals surface area contributed by atoms with Crippen LogP contribution in [0.15, 0.2) is 78.9 Å². The first kappa shape index (κ1) is 21.8. The van der Waals surface area contributed by atoms with Crippen molar-refractivity contribution in [3.63, 3.8) is 0 Å². The molecule has 0 aromatic heterocycles. The second-order valence-corrected chi connectivity index (χ2v) is 8.45. The van der Waals surface area contributed by atoms with Crippen LogP contribution in [0.1, 0.15) is 63.9 Å². The van der Waals surface area contributed by atoms with Gasteiger partial charge >= 0.3 is 0 Å². The number of hydrogen-bond donors (Lipinski definition) is 1. The summed E-state index contributed by atoms with van der Waals surface area (Å²) < 4.78 is 0. The standard InChI is InChI=1S/C28H30N2O2/c1-2-3-10-21-11-9-14-23(19-21)27(31)29-26-16-8-7-15-25(26)28(32)30-18-17-24(20-30)22-12-5-4-6-13-22/h4-9,11-16,19,24H,2-3,10,17-18,20H2,1H3,(H,29,31). The number of amides is 2. The fourth-order valence-electron chi connectivity index (χ4n) is 4.33. The van der Waals surface area contributed by atoms with E-state index in [4.69, 9.17) is 0 Å². The van der Waals surface area contributed by atoms with Crippen molar-refractivity contribution in [2.45, 2.75) is 38.5 Å². The first-order valence-electron chi connectivity index (χ1n) is 11.5. The van der Waals surface area contributed by atoms with Gasteiger partial charge in [-0.2, -0.15) is 0 Å². The smallest absolute Gasteiger partial charge is 0.255 e. The molecule has 1 atom stereocenters. The Labute approximate surface area is 190 Å². The second-order valence-electron chi connectivity index (χ2n) is 8.45. The lowest BCUT2D eigenvalue weighted by atomic mass is 9.99. The van der Waals surface area contributed by atoms with Gasteiger partial charge in [0.05, 0.1) is 11.3 Å². The summed E-state index contributed by atoms with van der Waals surface area (Å²) in [5.74, 6) is 0.135. The van der Waals surface area contributed by atoms with Gasteiger partial charge in [0.25, 0.3) is 11.8 Å². The number of unbranched alkanes of at least 4 members (excludes halogenated alkanes) is 1. The van der Waals surface area contributed by atoms with Gasteiger partial charge in [0.15, 0.2) is 0 Å². The van der Waals surface area contributed by atoms with Crippen LogP contribution >= 0.6 is 0 Å². The van der Waals surface area contributed by atoms with E-state index in [1.807, 2.05) is 53.4 Å². The molecular weight excluding hydrogens is 396 g/mol. The third-order valence-corrected chi connectivity index (χ3v) is 6.16. The minimum absolute atomic E-state index is 0.0315. The molecule has 4 nitrogen and oxygen atoms in total. The summed E-state index contributed by atoms with van der Waals surface area (Å²) in [7, 11) is 0. The highest BCUT2D eigenvalue weighted by Gasteiger charge is 2.29. The Morgan fingerprint density at radius 2 is 1.75 bits per heavy atom. The predicted molar refractivity (Wildman–Crippen MR) is 129 cm³/mol. The highest BCUT2D eigenvalue weighted by molar-refractivity contribution is 6.09. The lowest BCUT2D eigenvalue weighted by Gasteiger charge is -2.19. The summed E-state index contributed by atoms with van der Waals surface area (Å²) in [5.41, 5.74) is 4.15. The normalized spacial score (nSPS) is 15.5. The van der Waals surface area contributed by atoms with E-state index in [-0.39, 0.29) is 11.8 Å². The molecule has 0 aliphatic carbocycles. The van der Waals surface area contributed by atoms with Crippen LogP contribution in [0.2, 0.25) is 0 Å². The molecule has 32 heavy (non-hydrogen) atoms. The Hall–Kier alpha value is -3.40. The van der Waals surface area contributed by atoms with Crippen LogP contribution in [-0.4, -0.2) is 29.8 Å². The average molecular weight is 427 g/mol. The number of nitrogens with one attached hydrogen (secondary N) is 1. The molecule has 164 valence electrons. The number of nitrogens with zero attached hydrogens (tertiary/aromatic N) is 1. The molecule has 0 spiro atoms. The minimum Gasteiger partial charge on any atom is -0.338 e. The van der Waals surface area contributed by atoms with Crippen molar-refractivity contribution in [2.24, 2.45) is 0 Å². The number of anilines is 1. The largest absolute Gasteiger partial charge is 0.338 e. The molecule has 0 radical (unpaired) electrons. The lowest BCUT2D eigenvalue weighted by Crippen LogP contribution is -2.29. The van der Waals surface area contributed by atoms with Crippen molar-refractivity contribution in [1.82, 2.24) is 4.90 Å². The molecule has 1 fully saturated rings. The minimum atomic E-state index is -0.188. The molecule has 1 saturated heterocycles. The highest BCUT2D eigenvalue weighted by Crippen LogP contribution is 2.29. The maximum Gasteiger partial charge on any atom is 0.255 e. The Morgan fingerprint density at radius 3 is 2.56 bits per heavy atom. The zero-order chi connectivity index (χ0) is 22.3. The first-order valence-corrected chi connectivity index (χ1v) is 11.5. The van der Waals surface area contributed by atoms with Gasteiger partial charge in [-0.05, 0) is 54.7 Å². The van der Waals surface area contributed by atoms with Gasteiger partial charge in [0, 0.05) is 24.6 Å². The van der Waals surface area contributed by atoms with Gasteiger partial charge in [0.1, 0.15) is 0 Å². The highest BCUT2D eigenvalue weighted by atomic mass is 16.2. The van der Waals surface area contributed by atoms with Crippen molar-refractivity contribution in [3.8, 4) is 0 Å². The molecule has 1 aliphatic heterocycles. The number of carbonyl (C=O) groups is 2. The maximum absolute atomic E-state index is 13.3. The van der Waals surface area contributed by atoms with Crippen LogP contribution < -0.4 is 5.32 Å². The van der Waals surface area contributed by atoms with Crippen LogP contribution in [0.5, 0.6) is 0 Å². The molecule has 1 heterocycles. The average Bonchev–Trinajstić information content (AvgIpc) is 3.34. The number of para-hydroxylation sites is 1. The zero-order valence-electron chi connectivity index (χ0n) is 18.6. The van der Waals surface area contributed by atoms with Gasteiger partial charge in [-0.3, -0.25) is 9.59 Å². The molecule has 3 aromatic carbocycles. The predicted octanol–water partition coefficient (Wildman–Crippen LogP) is 5.91. The van der Waals surface area contributed by atoms with Gasteiger partial charge in [-0.15, -0.1) is 0 Å². The molecule has 0 bridgehead atoms. The number of aryl methyl sites for hydroxylation is 1. The SMILES string of the molecule is CCCCc1cccc(C(=O)Nc2ccccc2C(=O)N2CCC(c3ccccc3)C2)c1. The zero-order valence-corrected chi connectivity index (χ0v) is 18.6. The molecule has 0 saturated carbocycles. The second kappa shape index (κ2) is 10.3. The topological polar surface area (TPSA) is 49.4 Å². The van der Waals surface area contributed by atoms with Crippen LogP contribution in [-0.2, 0) is 6.42 Å². The lowest BCUT2D eigenvalue weighted by molar-refractivity contribution is 0.0792. The van der Waals surface area contributed by atoms with Crippen molar-refractivity contribution < 1.29 is 9.59 Å². The Balaban J connectivity index is 1.47. The third-order valence-electron chi connectivity index (χ3n) is 6.16. The molecule has 3 aromatic rings. The summed E-state index contributed by atoms with van der Waals surface area (Å²) in [6.45, 7) is 3.58. The van der Waals surface area contributed by atoms with E-state index in [1.165, 1.54) is 5.56 Å². The summed E-state index contributed by atoms with van der Waals surface area (Å²) in [6, 6.07) is 25.4. The van der Waals surface area contributed by atoms with Gasteiger partial charge < -0.3 is 10.2 Å². The number of hydrogen-bond acceptors (Lipinski definition) is 2. The van der Waals surface area contributed by atoms with Crippen molar-refractivity contribution in [3.05, 3.63) is 101 Å². The molecule has 2 amide bonds. The monoisotopic (exact) mass is 426 g/mol. The molecule has 1 aliphatic rings. The number of rotatable bonds is 7. The van der Waals surface area contributed by atoms with Gasteiger partial charge in [0.2, 0.25) is 0 Å². The van der Waals surface area contributed by atoms with Crippen LogP contribution in [0.25, 0.3) is 0 Å². The van der Waals surface area contributed by atoms with E-state index < -0.39 is 0 Å². The van der Waals surface area contributed by atoms with Crippen molar-refractivity contribution >= 4 is 17.5 Å². The summed E-state index contributed by atoms with van der Waals surface area (Å²) in [6.07, 6.45) is 4.13. The quantitative estimate of drug-likeness (QED) is 0.510. The van der Waals surface area contributed by atoms with E-state index in [9.17, 15) is 9.59 Å². The molecule has 4 rings (SSSR count). The fourth-order valence-corrected chi connectivity index (χ4v) is 4.33. The van der Waals surface area contributed by atoms with Crippen LogP contribution in [0.3, 0.4) is 0 Å². The van der Waals surface area contributed by atoms with E-state index in [2.05, 4.69) is 30.4 Å². The Bertz CT molecular complexity index is 1080. The van der Waals surface area contributed by atoms with Crippen molar-refractivity contribution in [2.75, 3.05) is 18.4 Å². The molecule has 1 unspecified atom stereocenters. The van der Waals surface area contributed by atoms with Crippen LogP contribution in [0, 0.1) is 0 Å². The van der Waals surface area contributed by atoms with Gasteiger partial charge in [-0.1, -0.05) is 67.9 Å². The third kappa shape index (κ3) is 5.08. The summed E-state index contributed by atoms with van der Waals surface area (Å²) in [5, 5.41) is 2.97. The fraction of sp³-hybridized carbons (Fsp3) is 0.286. The van der Waals surface area contributed by atoms with E-state index in [0.717, 1.165) is 37.8 Å². The molecular formula is C28H30N2O2. The summed E-state index contributed by atoms with van der Waals surface area (Å²) >= 11 is 0. The van der Waals surface area contributed by atoms with E-state index in [1.54, 1.807) is 12.1 Å². The summed E-state index contributed by atoms with van der Waals surface area (Å²) in [4.78, 5) is 28.1. The van der Waals surface area contributed by atoms with Crippen molar-refractivity contribution in [1.29, 1.82) is 0 Å². The molecule has 1 N–H and O–H groups in total. The van der Waals surface area contributed by atoms with Gasteiger partial charge in [-0.25, -0.2) is 0 Å². The maximum atomic E-state index is 13.3. The van der Waals surface area contributed by atoms with Crippen LogP contribution in [0.4, 0.5) is 5.69 Å². The number of likely N-dealkylation sites (tertiary alicyclic amines) is 1. The first-order chi connectivity index (χ1) is 15.7. The van der Waals surface area contributed by atoms with E-state index in [0.29, 0.717) is 29.3 Å². The molecule has 4 heteroatoms. The Kier molecular flexibility index (Phi) is 7.00. The number of benzene rings is 3. The number of carbonyl (C=O) groups excluding carboxylic acids is 2. The van der Waals surface area contributed by atoms with E-state index >= 15 is 0 Å². The Morgan fingerprint density at radius 1 is 0.969 bits per heavy atom.